The maximum absolute atomic E-state index is 3.56. The van der Waals surface area contributed by atoms with Gasteiger partial charge in [-0.05, 0) is 61.7 Å². The van der Waals surface area contributed by atoms with Crippen LogP contribution in [0.5, 0.6) is 0 Å². The molecule has 1 N–H and O–H groups in total. The molecule has 1 nitrogen and oxygen atoms in total. The molecule has 1 saturated carbocycles. The van der Waals surface area contributed by atoms with Crippen molar-refractivity contribution in [3.05, 3.63) is 21.9 Å². The second-order valence-corrected chi connectivity index (χ2v) is 6.36. The van der Waals surface area contributed by atoms with Crippen LogP contribution in [-0.4, -0.2) is 13.1 Å². The zero-order valence-corrected chi connectivity index (χ0v) is 12.0. The maximum atomic E-state index is 3.56. The van der Waals surface area contributed by atoms with Crippen molar-refractivity contribution in [2.45, 2.75) is 51.9 Å². The molecule has 96 valence electrons. The molecule has 0 radical (unpaired) electrons. The number of nitrogens with one attached hydrogen (secondary N) is 1. The fourth-order valence-corrected chi connectivity index (χ4v) is 3.92. The van der Waals surface area contributed by atoms with Crippen molar-refractivity contribution >= 4 is 11.3 Å². The third-order valence-electron chi connectivity index (χ3n) is 4.11. The molecule has 1 aliphatic rings. The van der Waals surface area contributed by atoms with E-state index in [1.165, 1.54) is 38.6 Å². The number of thiophene rings is 1. The Bertz CT molecular complexity index is 331. The predicted molar refractivity (Wildman–Crippen MR) is 76.9 cm³/mol. The van der Waals surface area contributed by atoms with E-state index in [9.17, 15) is 0 Å². The van der Waals surface area contributed by atoms with Gasteiger partial charge in [-0.2, -0.15) is 0 Å². The van der Waals surface area contributed by atoms with E-state index in [0.29, 0.717) is 0 Å². The van der Waals surface area contributed by atoms with Gasteiger partial charge in [-0.25, -0.2) is 0 Å². The van der Waals surface area contributed by atoms with Crippen LogP contribution in [0.15, 0.2) is 11.4 Å². The van der Waals surface area contributed by atoms with Crippen LogP contribution in [0, 0.1) is 12.8 Å². The summed E-state index contributed by atoms with van der Waals surface area (Å²) in [5.41, 5.74) is 1.64. The molecule has 2 unspecified atom stereocenters. The fraction of sp³-hybridized carbons (Fsp3) is 0.733. The van der Waals surface area contributed by atoms with Crippen molar-refractivity contribution in [2.24, 2.45) is 5.92 Å². The Labute approximate surface area is 110 Å². The monoisotopic (exact) mass is 251 g/mol. The Balaban J connectivity index is 2.11. The van der Waals surface area contributed by atoms with Crippen LogP contribution >= 0.6 is 11.3 Å². The lowest BCUT2D eigenvalue weighted by Gasteiger charge is -2.25. The molecule has 0 aliphatic heterocycles. The smallest absolute Gasteiger partial charge is 0.00491 e. The maximum Gasteiger partial charge on any atom is 0.00491 e. The van der Waals surface area contributed by atoms with Crippen molar-refractivity contribution in [1.29, 1.82) is 0 Å². The average molecular weight is 251 g/mol. The molecule has 0 saturated heterocycles. The van der Waals surface area contributed by atoms with E-state index in [1.54, 1.807) is 10.4 Å². The van der Waals surface area contributed by atoms with E-state index in [2.05, 4.69) is 30.6 Å². The highest BCUT2D eigenvalue weighted by Crippen LogP contribution is 2.38. The average Bonchev–Trinajstić information content (AvgIpc) is 2.63. The molecule has 0 amide bonds. The first-order chi connectivity index (χ1) is 8.33. The lowest BCUT2D eigenvalue weighted by atomic mass is 9.82. The van der Waals surface area contributed by atoms with Crippen molar-refractivity contribution in [1.82, 2.24) is 5.32 Å². The van der Waals surface area contributed by atoms with Crippen LogP contribution in [0.2, 0.25) is 0 Å². The summed E-state index contributed by atoms with van der Waals surface area (Å²) < 4.78 is 0. The molecule has 1 aliphatic carbocycles. The van der Waals surface area contributed by atoms with Gasteiger partial charge >= 0.3 is 0 Å². The van der Waals surface area contributed by atoms with Crippen LogP contribution in [0.1, 0.15) is 55.4 Å². The van der Waals surface area contributed by atoms with Gasteiger partial charge in [0.1, 0.15) is 0 Å². The van der Waals surface area contributed by atoms with Crippen molar-refractivity contribution < 1.29 is 0 Å². The van der Waals surface area contributed by atoms with Gasteiger partial charge in [0, 0.05) is 4.88 Å². The van der Waals surface area contributed by atoms with Crippen LogP contribution in [-0.2, 0) is 0 Å². The Morgan fingerprint density at radius 1 is 1.29 bits per heavy atom. The molecule has 0 bridgehead atoms. The van der Waals surface area contributed by atoms with E-state index in [-0.39, 0.29) is 0 Å². The third-order valence-corrected chi connectivity index (χ3v) is 4.98. The molecule has 2 atom stereocenters. The van der Waals surface area contributed by atoms with Crippen LogP contribution in [0.3, 0.4) is 0 Å². The van der Waals surface area contributed by atoms with Gasteiger partial charge in [0.2, 0.25) is 0 Å². The Morgan fingerprint density at radius 2 is 2.12 bits per heavy atom. The van der Waals surface area contributed by atoms with Gasteiger partial charge in [0.25, 0.3) is 0 Å². The normalized spacial score (nSPS) is 25.8. The number of hydrogen-bond donors (Lipinski definition) is 1. The summed E-state index contributed by atoms with van der Waals surface area (Å²) in [6.45, 7) is 6.80. The minimum atomic E-state index is 0.808. The lowest BCUT2D eigenvalue weighted by Crippen LogP contribution is -2.26. The zero-order chi connectivity index (χ0) is 12.1. The highest BCUT2D eigenvalue weighted by atomic mass is 32.1. The first-order valence-corrected chi connectivity index (χ1v) is 7.95. The summed E-state index contributed by atoms with van der Waals surface area (Å²) in [5.74, 6) is 1.66. The summed E-state index contributed by atoms with van der Waals surface area (Å²) in [6.07, 6.45) is 7.08. The van der Waals surface area contributed by atoms with Gasteiger partial charge in [0.05, 0.1) is 0 Å². The fourth-order valence-electron chi connectivity index (χ4n) is 3.15. The predicted octanol–water partition coefficient (Wildman–Crippen LogP) is 4.33. The summed E-state index contributed by atoms with van der Waals surface area (Å²) >= 11 is 1.91. The lowest BCUT2D eigenvalue weighted by molar-refractivity contribution is 0.378. The highest BCUT2D eigenvalue weighted by molar-refractivity contribution is 7.10. The first kappa shape index (κ1) is 13.1. The molecule has 17 heavy (non-hydrogen) atoms. The van der Waals surface area contributed by atoms with Gasteiger partial charge in [-0.1, -0.05) is 26.2 Å². The summed E-state index contributed by atoms with van der Waals surface area (Å²) in [5, 5.41) is 5.82. The molecule has 1 aromatic heterocycles. The van der Waals surface area contributed by atoms with Gasteiger partial charge in [-0.15, -0.1) is 11.3 Å². The number of hydrogen-bond acceptors (Lipinski definition) is 2. The molecule has 1 heterocycles. The van der Waals surface area contributed by atoms with Crippen molar-refractivity contribution in [3.63, 3.8) is 0 Å². The van der Waals surface area contributed by atoms with Crippen LogP contribution in [0.4, 0.5) is 0 Å². The molecular weight excluding hydrogens is 226 g/mol. The van der Waals surface area contributed by atoms with Crippen molar-refractivity contribution in [2.75, 3.05) is 13.1 Å². The minimum absolute atomic E-state index is 0.808. The van der Waals surface area contributed by atoms with Gasteiger partial charge in [0.15, 0.2) is 0 Å². The number of aryl methyl sites for hydroxylation is 1. The summed E-state index contributed by atoms with van der Waals surface area (Å²) in [6, 6.07) is 2.37. The largest absolute Gasteiger partial charge is 0.317 e. The van der Waals surface area contributed by atoms with E-state index in [4.69, 9.17) is 0 Å². The minimum Gasteiger partial charge on any atom is -0.317 e. The molecule has 1 fully saturated rings. The third kappa shape index (κ3) is 3.32. The number of rotatable bonds is 4. The molecule has 2 rings (SSSR count). The Hall–Kier alpha value is -0.340. The zero-order valence-electron chi connectivity index (χ0n) is 11.2. The van der Waals surface area contributed by atoms with Gasteiger partial charge < -0.3 is 5.32 Å². The molecule has 0 spiro atoms. The SMILES string of the molecule is CCNCC1CCCCCC1c1ccsc1C. The highest BCUT2D eigenvalue weighted by Gasteiger charge is 2.26. The van der Waals surface area contributed by atoms with Crippen molar-refractivity contribution in [3.8, 4) is 0 Å². The van der Waals surface area contributed by atoms with Crippen LogP contribution < -0.4 is 5.32 Å². The van der Waals surface area contributed by atoms with E-state index in [0.717, 1.165) is 18.4 Å². The summed E-state index contributed by atoms with van der Waals surface area (Å²) in [4.78, 5) is 1.54. The second-order valence-electron chi connectivity index (χ2n) is 5.24. The van der Waals surface area contributed by atoms with Gasteiger partial charge in [-0.3, -0.25) is 0 Å². The quantitative estimate of drug-likeness (QED) is 0.785. The first-order valence-electron chi connectivity index (χ1n) is 7.07. The van der Waals surface area contributed by atoms with E-state index < -0.39 is 0 Å². The van der Waals surface area contributed by atoms with E-state index in [1.807, 2.05) is 11.3 Å². The van der Waals surface area contributed by atoms with E-state index >= 15 is 0 Å². The molecule has 1 aromatic rings. The molecule has 0 aromatic carbocycles. The molecule has 2 heteroatoms. The summed E-state index contributed by atoms with van der Waals surface area (Å²) in [7, 11) is 0. The second kappa shape index (κ2) is 6.55. The Kier molecular flexibility index (Phi) is 5.05. The standard InChI is InChI=1S/C15H25NS/c1-3-16-11-13-7-5-4-6-8-15(13)14-9-10-17-12(14)2/h9-10,13,15-16H,3-8,11H2,1-2H3. The Morgan fingerprint density at radius 3 is 2.82 bits per heavy atom. The topological polar surface area (TPSA) is 12.0 Å². The van der Waals surface area contributed by atoms with Crippen LogP contribution in [0.25, 0.3) is 0 Å². The molecular formula is C15H25NS.